The van der Waals surface area contributed by atoms with E-state index in [9.17, 15) is 9.18 Å². The average molecular weight is 419 g/mol. The average Bonchev–Trinajstić information content (AvgIpc) is 3.39. The van der Waals surface area contributed by atoms with Crippen molar-refractivity contribution < 1.29 is 13.9 Å². The van der Waals surface area contributed by atoms with Gasteiger partial charge in [0.25, 0.3) is 0 Å². The molecule has 156 valence electrons. The van der Waals surface area contributed by atoms with Crippen molar-refractivity contribution in [3.05, 3.63) is 51.2 Å². The lowest BCUT2D eigenvalue weighted by atomic mass is 9.95. The number of nitrogens with one attached hydrogen (secondary N) is 2. The molecule has 0 bridgehead atoms. The molecule has 29 heavy (non-hydrogen) atoms. The van der Waals surface area contributed by atoms with Crippen molar-refractivity contribution in [3.8, 4) is 0 Å². The number of thiazole rings is 1. The minimum atomic E-state index is -0.343. The number of benzene rings is 1. The zero-order valence-corrected chi connectivity index (χ0v) is 18.0. The van der Waals surface area contributed by atoms with Crippen LogP contribution in [0.3, 0.4) is 0 Å². The molecule has 0 radical (unpaired) electrons. The van der Waals surface area contributed by atoms with Crippen LogP contribution in [0.4, 0.5) is 4.39 Å². The largest absolute Gasteiger partial charge is 0.462 e. The molecular formula is C21H27FN4O2S. The van der Waals surface area contributed by atoms with Crippen LogP contribution in [0, 0.1) is 12.7 Å². The van der Waals surface area contributed by atoms with E-state index in [1.807, 2.05) is 19.1 Å². The van der Waals surface area contributed by atoms with Crippen LogP contribution < -0.4 is 10.6 Å². The monoisotopic (exact) mass is 418 g/mol. The van der Waals surface area contributed by atoms with Gasteiger partial charge in [0.05, 0.1) is 18.3 Å². The summed E-state index contributed by atoms with van der Waals surface area (Å²) in [7, 11) is 1.70. The number of aryl methyl sites for hydroxylation is 1. The number of carbonyl (C=O) groups excluding carboxylic acids is 1. The molecule has 3 rings (SSSR count). The fraction of sp³-hybridized carbons (Fsp3) is 0.476. The number of guanidine groups is 1. The summed E-state index contributed by atoms with van der Waals surface area (Å²) < 4.78 is 19.3. The molecule has 1 heterocycles. The summed E-state index contributed by atoms with van der Waals surface area (Å²) in [6, 6.07) is 6.82. The summed E-state index contributed by atoms with van der Waals surface area (Å²) in [5.41, 5.74) is 1.24. The fourth-order valence-corrected chi connectivity index (χ4v) is 4.25. The first-order valence-corrected chi connectivity index (χ1v) is 10.6. The standard InChI is InChI=1S/C21H27FN4O2S/c1-5-28-19(27)17-13(2)25-18(29-17)14(3)26-20(23-4)24-12-21(10-11-21)15-8-6-7-9-16(15)22/h6-9,14H,5,10-12H2,1-4H3,(H2,23,24,26). The molecule has 1 saturated carbocycles. The molecule has 6 nitrogen and oxygen atoms in total. The molecule has 0 saturated heterocycles. The number of carbonyl (C=O) groups is 1. The first kappa shape index (κ1) is 21.2. The number of esters is 1. The van der Waals surface area contributed by atoms with E-state index in [0.717, 1.165) is 23.4 Å². The minimum Gasteiger partial charge on any atom is -0.462 e. The zero-order valence-electron chi connectivity index (χ0n) is 17.2. The Balaban J connectivity index is 1.63. The fourth-order valence-electron chi connectivity index (χ4n) is 3.29. The summed E-state index contributed by atoms with van der Waals surface area (Å²) in [4.78, 5) is 21.3. The second-order valence-corrected chi connectivity index (χ2v) is 8.27. The van der Waals surface area contributed by atoms with Crippen LogP contribution >= 0.6 is 11.3 Å². The van der Waals surface area contributed by atoms with Crippen molar-refractivity contribution in [1.82, 2.24) is 15.6 Å². The molecule has 1 aliphatic rings. The molecule has 1 atom stereocenters. The molecule has 1 unspecified atom stereocenters. The Kier molecular flexibility index (Phi) is 6.52. The second kappa shape index (κ2) is 8.90. The normalized spacial score (nSPS) is 16.2. The molecule has 1 aromatic heterocycles. The topological polar surface area (TPSA) is 75.6 Å². The third-order valence-electron chi connectivity index (χ3n) is 5.11. The second-order valence-electron chi connectivity index (χ2n) is 7.24. The van der Waals surface area contributed by atoms with E-state index in [1.165, 1.54) is 17.4 Å². The van der Waals surface area contributed by atoms with Crippen LogP contribution in [-0.2, 0) is 10.2 Å². The molecule has 0 spiro atoms. The number of nitrogens with zero attached hydrogens (tertiary/aromatic N) is 2. The molecule has 1 aliphatic carbocycles. The Morgan fingerprint density at radius 1 is 1.41 bits per heavy atom. The van der Waals surface area contributed by atoms with Crippen LogP contribution in [0.25, 0.3) is 0 Å². The van der Waals surface area contributed by atoms with Gasteiger partial charge in [-0.15, -0.1) is 11.3 Å². The van der Waals surface area contributed by atoms with Gasteiger partial charge in [0.15, 0.2) is 5.96 Å². The van der Waals surface area contributed by atoms with Gasteiger partial charge in [0, 0.05) is 19.0 Å². The Labute approximate surface area is 174 Å². The summed E-state index contributed by atoms with van der Waals surface area (Å²) in [6.45, 7) is 6.48. The SMILES string of the molecule is CCOC(=O)c1sc(C(C)NC(=NC)NCC2(c3ccccc3F)CC2)nc1C. The number of hydrogen-bond acceptors (Lipinski definition) is 5. The molecule has 1 aromatic carbocycles. The molecule has 0 aliphatic heterocycles. The van der Waals surface area contributed by atoms with Crippen molar-refractivity contribution in [1.29, 1.82) is 0 Å². The van der Waals surface area contributed by atoms with Crippen molar-refractivity contribution in [2.45, 2.75) is 45.1 Å². The number of rotatable bonds is 7. The Morgan fingerprint density at radius 2 is 2.14 bits per heavy atom. The van der Waals surface area contributed by atoms with Crippen LogP contribution in [0.1, 0.15) is 58.7 Å². The van der Waals surface area contributed by atoms with Gasteiger partial charge in [0.1, 0.15) is 15.7 Å². The molecule has 2 aromatic rings. The van der Waals surface area contributed by atoms with E-state index in [0.29, 0.717) is 29.7 Å². The third-order valence-corrected chi connectivity index (χ3v) is 6.43. The van der Waals surface area contributed by atoms with E-state index < -0.39 is 0 Å². The summed E-state index contributed by atoms with van der Waals surface area (Å²) in [5, 5.41) is 7.40. The maximum absolute atomic E-state index is 14.2. The molecule has 2 N–H and O–H groups in total. The summed E-state index contributed by atoms with van der Waals surface area (Å²) in [5.74, 6) is 0.113. The van der Waals surface area contributed by atoms with Crippen molar-refractivity contribution >= 4 is 23.3 Å². The lowest BCUT2D eigenvalue weighted by Gasteiger charge is -2.21. The highest BCUT2D eigenvalue weighted by Crippen LogP contribution is 2.48. The van der Waals surface area contributed by atoms with E-state index >= 15 is 0 Å². The molecule has 0 amide bonds. The van der Waals surface area contributed by atoms with Crippen molar-refractivity contribution in [2.75, 3.05) is 20.2 Å². The number of aromatic nitrogens is 1. The van der Waals surface area contributed by atoms with E-state index in [1.54, 1.807) is 27.0 Å². The smallest absolute Gasteiger partial charge is 0.350 e. The first-order valence-electron chi connectivity index (χ1n) is 9.77. The zero-order chi connectivity index (χ0) is 21.0. The highest BCUT2D eigenvalue weighted by Gasteiger charge is 2.45. The highest BCUT2D eigenvalue weighted by atomic mass is 32.1. The van der Waals surface area contributed by atoms with Gasteiger partial charge >= 0.3 is 5.97 Å². The maximum atomic E-state index is 14.2. The van der Waals surface area contributed by atoms with E-state index in [4.69, 9.17) is 4.74 Å². The Hall–Kier alpha value is -2.48. The van der Waals surface area contributed by atoms with E-state index in [-0.39, 0.29) is 23.2 Å². The van der Waals surface area contributed by atoms with Gasteiger partial charge in [-0.25, -0.2) is 14.2 Å². The highest BCUT2D eigenvalue weighted by molar-refractivity contribution is 7.13. The van der Waals surface area contributed by atoms with Gasteiger partial charge in [-0.1, -0.05) is 18.2 Å². The number of halogens is 1. The Bertz CT molecular complexity index is 908. The number of hydrogen-bond donors (Lipinski definition) is 2. The van der Waals surface area contributed by atoms with Gasteiger partial charge in [0.2, 0.25) is 0 Å². The van der Waals surface area contributed by atoms with Crippen molar-refractivity contribution in [3.63, 3.8) is 0 Å². The number of ether oxygens (including phenoxy) is 1. The molecule has 1 fully saturated rings. The van der Waals surface area contributed by atoms with E-state index in [2.05, 4.69) is 20.6 Å². The lowest BCUT2D eigenvalue weighted by Crippen LogP contribution is -2.42. The summed E-state index contributed by atoms with van der Waals surface area (Å²) >= 11 is 1.32. The van der Waals surface area contributed by atoms with Crippen LogP contribution in [0.2, 0.25) is 0 Å². The van der Waals surface area contributed by atoms with Crippen LogP contribution in [0.5, 0.6) is 0 Å². The summed E-state index contributed by atoms with van der Waals surface area (Å²) in [6.07, 6.45) is 1.89. The van der Waals surface area contributed by atoms with Gasteiger partial charge in [-0.3, -0.25) is 4.99 Å². The minimum absolute atomic E-state index is 0.142. The Morgan fingerprint density at radius 3 is 2.76 bits per heavy atom. The lowest BCUT2D eigenvalue weighted by molar-refractivity contribution is 0.0531. The first-order chi connectivity index (χ1) is 13.9. The molecule has 8 heteroatoms. The molecular weight excluding hydrogens is 391 g/mol. The maximum Gasteiger partial charge on any atom is 0.350 e. The quantitative estimate of drug-likeness (QED) is 0.407. The van der Waals surface area contributed by atoms with Gasteiger partial charge in [-0.05, 0) is 45.2 Å². The third kappa shape index (κ3) is 4.75. The van der Waals surface area contributed by atoms with Gasteiger partial charge in [-0.2, -0.15) is 0 Å². The van der Waals surface area contributed by atoms with Crippen molar-refractivity contribution in [2.24, 2.45) is 4.99 Å². The predicted octanol–water partition coefficient (Wildman–Crippen LogP) is 3.73. The number of aliphatic imine (C=N–C) groups is 1. The van der Waals surface area contributed by atoms with Crippen LogP contribution in [0.15, 0.2) is 29.3 Å². The van der Waals surface area contributed by atoms with Gasteiger partial charge < -0.3 is 15.4 Å². The van der Waals surface area contributed by atoms with Crippen LogP contribution in [-0.4, -0.2) is 37.1 Å². The predicted molar refractivity (Wildman–Crippen MR) is 113 cm³/mol.